The van der Waals surface area contributed by atoms with Crippen LogP contribution < -0.4 is 27.2 Å². The number of carbonyl (C=O) groups is 1. The van der Waals surface area contributed by atoms with Gasteiger partial charge in [-0.3, -0.25) is 19.6 Å². The Kier molecular flexibility index (Phi) is 7.99. The van der Waals surface area contributed by atoms with Crippen molar-refractivity contribution in [2.45, 2.75) is 0 Å². The molecule has 0 bridgehead atoms. The smallest absolute Gasteiger partial charge is 0.335 e. The highest BCUT2D eigenvalue weighted by atomic mass is 16.6. The minimum absolute atomic E-state index is 0.0476. The van der Waals surface area contributed by atoms with Gasteiger partial charge in [0.25, 0.3) is 11.1 Å². The lowest BCUT2D eigenvalue weighted by molar-refractivity contribution is 0.0696. The maximum Gasteiger partial charge on any atom is 0.335 e. The van der Waals surface area contributed by atoms with E-state index in [1.54, 1.807) is 0 Å². The molecule has 0 spiro atoms. The predicted octanol–water partition coefficient (Wildman–Crippen LogP) is 0.685. The maximum atomic E-state index is 12.3. The minimum Gasteiger partial charge on any atom is -0.494 e. The number of aromatic nitrogens is 4. The van der Waals surface area contributed by atoms with Crippen LogP contribution in [-0.4, -0.2) is 52.3 Å². The van der Waals surface area contributed by atoms with Crippen LogP contribution in [0.15, 0.2) is 85.6 Å². The van der Waals surface area contributed by atoms with Crippen LogP contribution >= 0.6 is 0 Å². The molecule has 0 saturated carbocycles. The van der Waals surface area contributed by atoms with Crippen LogP contribution in [0.4, 0.5) is 0 Å². The Balaban J connectivity index is 1.66. The van der Waals surface area contributed by atoms with E-state index in [4.69, 9.17) is 14.9 Å². The SMILES string of the molecule is O=C(O)c1ccc(-n2c(O)c(C=CC=C=Cc3c(O)n(-c4ccc(OCO)cc4)c(=O)[nH]c3=O)c(=O)[nH]c2=O)cc1. The lowest BCUT2D eigenvalue weighted by Gasteiger charge is -2.10. The normalized spacial score (nSPS) is 10.8. The maximum absolute atomic E-state index is 12.3. The van der Waals surface area contributed by atoms with Gasteiger partial charge in [0.1, 0.15) is 16.9 Å². The quantitative estimate of drug-likeness (QED) is 0.101. The fraction of sp³-hybridized carbons (Fsp3) is 0.0370. The number of aromatic carboxylic acids is 1. The van der Waals surface area contributed by atoms with Crippen molar-refractivity contribution >= 4 is 18.1 Å². The molecule has 0 aliphatic rings. The monoisotopic (exact) mass is 560 g/mol. The number of aliphatic hydroxyl groups excluding tert-OH is 1. The van der Waals surface area contributed by atoms with E-state index in [-0.39, 0.29) is 28.1 Å². The second-order valence-corrected chi connectivity index (χ2v) is 8.12. The molecule has 208 valence electrons. The van der Waals surface area contributed by atoms with Crippen molar-refractivity contribution in [1.82, 2.24) is 19.1 Å². The third-order valence-electron chi connectivity index (χ3n) is 5.62. The first kappa shape index (κ1) is 27.9. The van der Waals surface area contributed by atoms with Crippen LogP contribution in [0.25, 0.3) is 23.5 Å². The predicted molar refractivity (Wildman–Crippen MR) is 145 cm³/mol. The molecule has 2 aromatic heterocycles. The summed E-state index contributed by atoms with van der Waals surface area (Å²) in [4.78, 5) is 64.4. The van der Waals surface area contributed by atoms with Gasteiger partial charge in [0.2, 0.25) is 11.8 Å². The lowest BCUT2D eigenvalue weighted by atomic mass is 10.2. The van der Waals surface area contributed by atoms with Gasteiger partial charge in [-0.05, 0) is 66.8 Å². The number of hydrogen-bond acceptors (Lipinski definition) is 9. The van der Waals surface area contributed by atoms with E-state index in [1.807, 2.05) is 0 Å². The molecule has 41 heavy (non-hydrogen) atoms. The second kappa shape index (κ2) is 11.7. The van der Waals surface area contributed by atoms with Crippen LogP contribution in [0.3, 0.4) is 0 Å². The number of allylic oxidation sites excluding steroid dienone is 2. The first-order chi connectivity index (χ1) is 19.6. The van der Waals surface area contributed by atoms with Gasteiger partial charge in [0.15, 0.2) is 6.79 Å². The standard InChI is InChI=1S/C27H20N4O10/c32-14-41-18-12-10-17(11-13-18)31-24(36)20(22(34)29-27(31)40)5-3-1-2-4-19-21(33)28-26(39)30(23(19)35)16-8-6-15(7-9-16)25(37)38/h1-2,4-13,32,35-36H,14H2,(H,37,38)(H,28,33,39)(H,29,34,40). The number of aliphatic hydroxyl groups is 1. The Labute approximate surface area is 227 Å². The van der Waals surface area contributed by atoms with Crippen molar-refractivity contribution in [3.63, 3.8) is 0 Å². The third kappa shape index (κ3) is 5.83. The molecular weight excluding hydrogens is 540 g/mol. The highest BCUT2D eigenvalue weighted by molar-refractivity contribution is 5.87. The van der Waals surface area contributed by atoms with Crippen molar-refractivity contribution in [1.29, 1.82) is 0 Å². The molecule has 0 atom stereocenters. The molecule has 0 saturated heterocycles. The lowest BCUT2D eigenvalue weighted by Crippen LogP contribution is -2.30. The van der Waals surface area contributed by atoms with E-state index in [2.05, 4.69) is 15.7 Å². The molecule has 0 aliphatic heterocycles. The zero-order valence-corrected chi connectivity index (χ0v) is 20.8. The fourth-order valence-electron chi connectivity index (χ4n) is 3.69. The number of aromatic amines is 2. The number of nitrogens with one attached hydrogen (secondary N) is 2. The molecule has 0 radical (unpaired) electrons. The van der Waals surface area contributed by atoms with Gasteiger partial charge in [-0.15, -0.1) is 5.73 Å². The summed E-state index contributed by atoms with van der Waals surface area (Å²) in [7, 11) is 0. The molecule has 0 fully saturated rings. The average molecular weight is 560 g/mol. The number of rotatable bonds is 8. The first-order valence-corrected chi connectivity index (χ1v) is 11.6. The number of hydrogen-bond donors (Lipinski definition) is 6. The molecule has 4 rings (SSSR count). The molecule has 14 heteroatoms. The van der Waals surface area contributed by atoms with Gasteiger partial charge >= 0.3 is 17.3 Å². The first-order valence-electron chi connectivity index (χ1n) is 11.6. The van der Waals surface area contributed by atoms with Gasteiger partial charge in [-0.1, -0.05) is 6.08 Å². The number of aromatic hydroxyl groups is 2. The van der Waals surface area contributed by atoms with Crippen LogP contribution in [-0.2, 0) is 0 Å². The number of carboxylic acids is 1. The van der Waals surface area contributed by atoms with Crippen LogP contribution in [0.1, 0.15) is 21.5 Å². The summed E-state index contributed by atoms with van der Waals surface area (Å²) in [5, 5.41) is 39.1. The van der Waals surface area contributed by atoms with Crippen LogP contribution in [0.2, 0.25) is 0 Å². The topological polar surface area (TPSA) is 217 Å². The van der Waals surface area contributed by atoms with Gasteiger partial charge in [0.05, 0.1) is 16.9 Å². The summed E-state index contributed by atoms with van der Waals surface area (Å²) >= 11 is 0. The number of nitrogens with zero attached hydrogens (tertiary/aromatic N) is 2. The molecule has 2 aromatic carbocycles. The molecule has 2 heterocycles. The summed E-state index contributed by atoms with van der Waals surface area (Å²) in [5.74, 6) is -2.28. The highest BCUT2D eigenvalue weighted by Gasteiger charge is 2.15. The van der Waals surface area contributed by atoms with E-state index in [9.17, 15) is 34.2 Å². The largest absolute Gasteiger partial charge is 0.494 e. The van der Waals surface area contributed by atoms with E-state index in [1.165, 1.54) is 60.7 Å². The van der Waals surface area contributed by atoms with Crippen LogP contribution in [0, 0.1) is 0 Å². The number of carboxylic acid groups (broad SMARTS) is 1. The summed E-state index contributed by atoms with van der Waals surface area (Å²) in [6.07, 6.45) is 4.71. The third-order valence-corrected chi connectivity index (χ3v) is 5.62. The van der Waals surface area contributed by atoms with E-state index in [0.29, 0.717) is 5.75 Å². The minimum atomic E-state index is -1.19. The molecule has 0 unspecified atom stereocenters. The molecule has 6 N–H and O–H groups in total. The van der Waals surface area contributed by atoms with Gasteiger partial charge in [0, 0.05) is 0 Å². The molecule has 4 aromatic rings. The summed E-state index contributed by atoms with van der Waals surface area (Å²) in [6.45, 7) is -0.556. The van der Waals surface area contributed by atoms with Crippen molar-refractivity contribution in [3.05, 3.63) is 125 Å². The average Bonchev–Trinajstić information content (AvgIpc) is 2.92. The number of ether oxygens (including phenoxy) is 1. The fourth-order valence-corrected chi connectivity index (χ4v) is 3.69. The highest BCUT2D eigenvalue weighted by Crippen LogP contribution is 2.20. The zero-order chi connectivity index (χ0) is 29.7. The van der Waals surface area contributed by atoms with E-state index < -0.39 is 47.0 Å². The molecule has 0 amide bonds. The Morgan fingerprint density at radius 2 is 1.34 bits per heavy atom. The Morgan fingerprint density at radius 1 is 0.829 bits per heavy atom. The zero-order valence-electron chi connectivity index (χ0n) is 20.8. The van der Waals surface area contributed by atoms with E-state index >= 15 is 0 Å². The van der Waals surface area contributed by atoms with Gasteiger partial charge in [-0.25, -0.2) is 23.5 Å². The van der Waals surface area contributed by atoms with Crippen molar-refractivity contribution < 1.29 is 30.0 Å². The molecule has 14 nitrogen and oxygen atoms in total. The second-order valence-electron chi connectivity index (χ2n) is 8.12. The Hall–Kier alpha value is -6.11. The Bertz CT molecular complexity index is 1950. The number of H-pyrrole nitrogens is 2. The Morgan fingerprint density at radius 3 is 1.88 bits per heavy atom. The van der Waals surface area contributed by atoms with Crippen molar-refractivity contribution in [2.75, 3.05) is 6.79 Å². The molecule has 0 aliphatic carbocycles. The number of benzene rings is 2. The van der Waals surface area contributed by atoms with E-state index in [0.717, 1.165) is 21.3 Å². The van der Waals surface area contributed by atoms with Gasteiger partial charge < -0.3 is 25.2 Å². The van der Waals surface area contributed by atoms with Crippen molar-refractivity contribution in [3.8, 4) is 28.9 Å². The molecular formula is C27H20N4O10. The summed E-state index contributed by atoms with van der Waals surface area (Å²) < 4.78 is 6.52. The summed E-state index contributed by atoms with van der Waals surface area (Å²) in [6, 6.07) is 10.7. The van der Waals surface area contributed by atoms with Gasteiger partial charge in [-0.2, -0.15) is 0 Å². The van der Waals surface area contributed by atoms with Crippen LogP contribution in [0.5, 0.6) is 17.5 Å². The summed E-state index contributed by atoms with van der Waals surface area (Å²) in [5.41, 5.74) is -1.47. The van der Waals surface area contributed by atoms with Crippen molar-refractivity contribution in [2.24, 2.45) is 0 Å².